The summed E-state index contributed by atoms with van der Waals surface area (Å²) in [6.07, 6.45) is 6.01. The van der Waals surface area contributed by atoms with Gasteiger partial charge < -0.3 is 5.32 Å². The van der Waals surface area contributed by atoms with E-state index in [4.69, 9.17) is 11.6 Å². The van der Waals surface area contributed by atoms with Crippen molar-refractivity contribution in [2.75, 3.05) is 0 Å². The molecule has 0 amide bonds. The summed E-state index contributed by atoms with van der Waals surface area (Å²) in [6.45, 7) is 2.86. The quantitative estimate of drug-likeness (QED) is 0.917. The van der Waals surface area contributed by atoms with Crippen molar-refractivity contribution < 1.29 is 0 Å². The molecule has 0 radical (unpaired) electrons. The first-order valence-electron chi connectivity index (χ1n) is 6.11. The molecule has 2 aromatic heterocycles. The lowest BCUT2D eigenvalue weighted by Crippen LogP contribution is -2.17. The molecule has 1 saturated carbocycles. The normalized spacial score (nSPS) is 15.3. The zero-order valence-electron chi connectivity index (χ0n) is 10.5. The Bertz CT molecular complexity index is 567. The van der Waals surface area contributed by atoms with Gasteiger partial charge in [-0.3, -0.25) is 4.68 Å². The van der Waals surface area contributed by atoms with Crippen LogP contribution in [0.15, 0.2) is 12.4 Å². The second-order valence-corrected chi connectivity index (χ2v) is 5.21. The van der Waals surface area contributed by atoms with Crippen molar-refractivity contribution in [3.63, 3.8) is 0 Å². The van der Waals surface area contributed by atoms with Crippen LogP contribution in [0.4, 0.5) is 0 Å². The van der Waals surface area contributed by atoms with Crippen molar-refractivity contribution >= 4 is 11.6 Å². The predicted octanol–water partition coefficient (Wildman–Crippen LogP) is 1.82. The van der Waals surface area contributed by atoms with Crippen LogP contribution in [0.25, 0.3) is 5.82 Å². The van der Waals surface area contributed by atoms with Gasteiger partial charge in [0.15, 0.2) is 5.82 Å². The third-order valence-corrected chi connectivity index (χ3v) is 3.42. The SMILES string of the molecule is Cc1nn(C)c(-n2cc(Cl)cn2)c1CNC1CC1. The molecule has 1 N–H and O–H groups in total. The molecule has 0 aromatic carbocycles. The van der Waals surface area contributed by atoms with E-state index >= 15 is 0 Å². The van der Waals surface area contributed by atoms with Crippen LogP contribution in [-0.4, -0.2) is 25.6 Å². The molecule has 1 aliphatic carbocycles. The van der Waals surface area contributed by atoms with Crippen LogP contribution in [0.2, 0.25) is 5.02 Å². The Morgan fingerprint density at radius 3 is 2.89 bits per heavy atom. The molecular weight excluding hydrogens is 250 g/mol. The standard InChI is InChI=1S/C12H16ClN5/c1-8-11(6-14-10-3-4-10)12(17(2)16-8)18-7-9(13)5-15-18/h5,7,10,14H,3-4,6H2,1-2H3. The Hall–Kier alpha value is -1.33. The molecule has 6 heteroatoms. The second-order valence-electron chi connectivity index (χ2n) is 4.77. The topological polar surface area (TPSA) is 47.7 Å². The van der Waals surface area contributed by atoms with Gasteiger partial charge in [0, 0.05) is 25.2 Å². The fourth-order valence-electron chi connectivity index (χ4n) is 2.13. The summed E-state index contributed by atoms with van der Waals surface area (Å²) in [6, 6.07) is 0.679. The van der Waals surface area contributed by atoms with Crippen LogP contribution in [0, 0.1) is 6.92 Å². The minimum Gasteiger partial charge on any atom is -0.310 e. The first-order chi connectivity index (χ1) is 8.65. The van der Waals surface area contributed by atoms with Crippen LogP contribution in [0.3, 0.4) is 0 Å². The fourth-order valence-corrected chi connectivity index (χ4v) is 2.27. The Labute approximate surface area is 111 Å². The number of hydrogen-bond acceptors (Lipinski definition) is 3. The molecule has 0 bridgehead atoms. The summed E-state index contributed by atoms with van der Waals surface area (Å²) in [4.78, 5) is 0. The predicted molar refractivity (Wildman–Crippen MR) is 69.9 cm³/mol. The second kappa shape index (κ2) is 4.40. The molecule has 5 nitrogen and oxygen atoms in total. The molecule has 0 aliphatic heterocycles. The number of rotatable bonds is 4. The number of nitrogens with zero attached hydrogens (tertiary/aromatic N) is 4. The lowest BCUT2D eigenvalue weighted by atomic mass is 10.2. The highest BCUT2D eigenvalue weighted by Gasteiger charge is 2.22. The van der Waals surface area contributed by atoms with E-state index < -0.39 is 0 Å². The van der Waals surface area contributed by atoms with Gasteiger partial charge in [0.05, 0.1) is 23.1 Å². The van der Waals surface area contributed by atoms with Gasteiger partial charge >= 0.3 is 0 Å². The van der Waals surface area contributed by atoms with Gasteiger partial charge in [0.1, 0.15) is 0 Å². The molecule has 0 spiro atoms. The van der Waals surface area contributed by atoms with Gasteiger partial charge in [-0.2, -0.15) is 10.2 Å². The number of hydrogen-bond donors (Lipinski definition) is 1. The molecule has 96 valence electrons. The summed E-state index contributed by atoms with van der Waals surface area (Å²) >= 11 is 5.93. The minimum atomic E-state index is 0.634. The van der Waals surface area contributed by atoms with Gasteiger partial charge in [-0.05, 0) is 19.8 Å². The van der Waals surface area contributed by atoms with Crippen LogP contribution in [0.1, 0.15) is 24.1 Å². The fraction of sp³-hybridized carbons (Fsp3) is 0.500. The van der Waals surface area contributed by atoms with Crippen molar-refractivity contribution in [1.29, 1.82) is 0 Å². The zero-order valence-corrected chi connectivity index (χ0v) is 11.3. The first-order valence-corrected chi connectivity index (χ1v) is 6.49. The minimum absolute atomic E-state index is 0.634. The van der Waals surface area contributed by atoms with E-state index in [-0.39, 0.29) is 0 Å². The Kier molecular flexibility index (Phi) is 2.87. The van der Waals surface area contributed by atoms with Crippen LogP contribution in [-0.2, 0) is 13.6 Å². The highest BCUT2D eigenvalue weighted by atomic mass is 35.5. The van der Waals surface area contributed by atoms with Crippen molar-refractivity contribution in [1.82, 2.24) is 24.9 Å². The van der Waals surface area contributed by atoms with Crippen molar-refractivity contribution in [3.8, 4) is 5.82 Å². The van der Waals surface area contributed by atoms with Crippen molar-refractivity contribution in [2.24, 2.45) is 7.05 Å². The van der Waals surface area contributed by atoms with Crippen molar-refractivity contribution in [2.45, 2.75) is 32.4 Å². The van der Waals surface area contributed by atoms with E-state index in [1.807, 2.05) is 18.7 Å². The molecular formula is C12H16ClN5. The summed E-state index contributed by atoms with van der Waals surface area (Å²) in [7, 11) is 1.93. The van der Waals surface area contributed by atoms with E-state index in [9.17, 15) is 0 Å². The molecule has 3 rings (SSSR count). The van der Waals surface area contributed by atoms with E-state index in [2.05, 4.69) is 15.5 Å². The molecule has 1 fully saturated rings. The largest absolute Gasteiger partial charge is 0.310 e. The van der Waals surface area contributed by atoms with E-state index in [0.717, 1.165) is 18.1 Å². The third kappa shape index (κ3) is 2.15. The van der Waals surface area contributed by atoms with Gasteiger partial charge in [0.25, 0.3) is 0 Å². The zero-order chi connectivity index (χ0) is 12.7. The highest BCUT2D eigenvalue weighted by Crippen LogP contribution is 2.23. The monoisotopic (exact) mass is 265 g/mol. The summed E-state index contributed by atoms with van der Waals surface area (Å²) in [5.41, 5.74) is 2.22. The van der Waals surface area contributed by atoms with Crippen LogP contribution in [0.5, 0.6) is 0 Å². The Balaban J connectivity index is 1.95. The average Bonchev–Trinajstić information content (AvgIpc) is 2.98. The molecule has 1 aliphatic rings. The molecule has 18 heavy (non-hydrogen) atoms. The van der Waals surface area contributed by atoms with Crippen molar-refractivity contribution in [3.05, 3.63) is 28.7 Å². The van der Waals surface area contributed by atoms with E-state index in [1.54, 1.807) is 17.1 Å². The van der Waals surface area contributed by atoms with E-state index in [0.29, 0.717) is 11.1 Å². The molecule has 0 saturated heterocycles. The first kappa shape index (κ1) is 11.7. The molecule has 0 unspecified atom stereocenters. The summed E-state index contributed by atoms with van der Waals surface area (Å²) < 4.78 is 3.63. The molecule has 0 atom stereocenters. The number of aromatic nitrogens is 4. The maximum atomic E-state index is 5.93. The lowest BCUT2D eigenvalue weighted by molar-refractivity contribution is 0.665. The van der Waals surface area contributed by atoms with Crippen LogP contribution >= 0.6 is 11.6 Å². The lowest BCUT2D eigenvalue weighted by Gasteiger charge is -2.07. The Morgan fingerprint density at radius 1 is 1.50 bits per heavy atom. The summed E-state index contributed by atoms with van der Waals surface area (Å²) in [5, 5.41) is 12.9. The number of nitrogens with one attached hydrogen (secondary N) is 1. The van der Waals surface area contributed by atoms with Gasteiger partial charge in [-0.15, -0.1) is 0 Å². The van der Waals surface area contributed by atoms with E-state index in [1.165, 1.54) is 18.4 Å². The van der Waals surface area contributed by atoms with Gasteiger partial charge in [-0.25, -0.2) is 4.68 Å². The van der Waals surface area contributed by atoms with Gasteiger partial charge in [-0.1, -0.05) is 11.6 Å². The maximum Gasteiger partial charge on any atom is 0.156 e. The molecule has 2 heterocycles. The number of aryl methyl sites for hydroxylation is 2. The van der Waals surface area contributed by atoms with Crippen LogP contribution < -0.4 is 5.32 Å². The number of halogens is 1. The maximum absolute atomic E-state index is 5.93. The third-order valence-electron chi connectivity index (χ3n) is 3.23. The van der Waals surface area contributed by atoms with Gasteiger partial charge in [0.2, 0.25) is 0 Å². The molecule has 2 aromatic rings. The average molecular weight is 266 g/mol. The summed E-state index contributed by atoms with van der Waals surface area (Å²) in [5.74, 6) is 0.979. The smallest absolute Gasteiger partial charge is 0.156 e. The Morgan fingerprint density at radius 2 is 2.28 bits per heavy atom. The highest BCUT2D eigenvalue weighted by molar-refractivity contribution is 6.30.